The fraction of sp³-hybridized carbons (Fsp3) is 0.947. The van der Waals surface area contributed by atoms with Crippen LogP contribution in [0.3, 0.4) is 0 Å². The Labute approximate surface area is 393 Å². The summed E-state index contributed by atoms with van der Waals surface area (Å²) in [5.41, 5.74) is 0. The van der Waals surface area contributed by atoms with Crippen molar-refractivity contribution >= 4 is 17.9 Å². The smallest absolute Gasteiger partial charge is 0.306 e. The van der Waals surface area contributed by atoms with E-state index in [-0.39, 0.29) is 31.1 Å². The summed E-state index contributed by atoms with van der Waals surface area (Å²) in [7, 11) is 0. The predicted molar refractivity (Wildman–Crippen MR) is 270 cm³/mol. The normalized spacial score (nSPS) is 12.0. The molecule has 6 heteroatoms. The lowest BCUT2D eigenvalue weighted by molar-refractivity contribution is -0.167. The van der Waals surface area contributed by atoms with Crippen LogP contribution in [0.25, 0.3) is 0 Å². The van der Waals surface area contributed by atoms with Crippen molar-refractivity contribution in [2.45, 2.75) is 329 Å². The van der Waals surface area contributed by atoms with E-state index in [1.807, 2.05) is 0 Å². The topological polar surface area (TPSA) is 78.9 Å². The highest BCUT2D eigenvalue weighted by Gasteiger charge is 2.19. The predicted octanol–water partition coefficient (Wildman–Crippen LogP) is 18.6. The average Bonchev–Trinajstić information content (AvgIpc) is 3.27. The van der Waals surface area contributed by atoms with Crippen molar-refractivity contribution in [1.82, 2.24) is 0 Å². The van der Waals surface area contributed by atoms with Gasteiger partial charge in [-0.3, -0.25) is 14.4 Å². The molecule has 0 aliphatic heterocycles. The number of ether oxygens (including phenoxy) is 3. The highest BCUT2D eigenvalue weighted by Crippen LogP contribution is 2.18. The van der Waals surface area contributed by atoms with E-state index in [0.29, 0.717) is 19.3 Å². The molecule has 63 heavy (non-hydrogen) atoms. The summed E-state index contributed by atoms with van der Waals surface area (Å²) in [4.78, 5) is 38.1. The Kier molecular flexibility index (Phi) is 50.1. The number of rotatable bonds is 52. The van der Waals surface area contributed by atoms with E-state index in [1.54, 1.807) is 0 Å². The lowest BCUT2D eigenvalue weighted by atomic mass is 10.0. The summed E-state index contributed by atoms with van der Waals surface area (Å²) < 4.78 is 16.9. The zero-order valence-corrected chi connectivity index (χ0v) is 43.0. The van der Waals surface area contributed by atoms with Gasteiger partial charge in [0.05, 0.1) is 0 Å². The second-order valence-electron chi connectivity index (χ2n) is 20.1. The Bertz CT molecular complexity index is 949. The molecule has 0 rings (SSSR count). The van der Waals surface area contributed by atoms with Crippen molar-refractivity contribution in [3.8, 4) is 0 Å². The molecule has 0 spiro atoms. The number of hydrogen-bond donors (Lipinski definition) is 0. The van der Waals surface area contributed by atoms with Gasteiger partial charge in [0, 0.05) is 19.3 Å². The molecule has 0 amide bonds. The molecule has 0 bridgehead atoms. The van der Waals surface area contributed by atoms with Crippen molar-refractivity contribution < 1.29 is 28.6 Å². The number of carbonyl (C=O) groups is 3. The fourth-order valence-corrected chi connectivity index (χ4v) is 8.75. The molecule has 0 aromatic rings. The van der Waals surface area contributed by atoms with Crippen molar-refractivity contribution in [3.63, 3.8) is 0 Å². The molecular weight excluding hydrogens is 781 g/mol. The van der Waals surface area contributed by atoms with Gasteiger partial charge in [0.1, 0.15) is 13.2 Å². The lowest BCUT2D eigenvalue weighted by Gasteiger charge is -2.18. The fourth-order valence-electron chi connectivity index (χ4n) is 8.75. The van der Waals surface area contributed by atoms with Crippen LogP contribution in [0.5, 0.6) is 0 Å². The standard InChI is InChI=1S/C57H110O6/c1-5-7-9-11-13-15-17-18-19-20-21-25-29-33-37-41-45-49-56(59)62-52-54(51-61-55(58)48-44-40-36-32-27-16-14-12-10-8-6-2)63-57(60)50-46-42-38-34-30-26-23-22-24-28-31-35-39-43-47-53(3)4/h53-54H,5-52H2,1-4H3/t54-/m0/s1. The molecule has 0 aliphatic rings. The second-order valence-corrected chi connectivity index (χ2v) is 20.1. The van der Waals surface area contributed by atoms with Crippen molar-refractivity contribution in [1.29, 1.82) is 0 Å². The number of carbonyl (C=O) groups excluding carboxylic acids is 3. The SMILES string of the molecule is CCCCCCCCCCCCCCCCCCCC(=O)OC[C@H](COC(=O)CCCCCCCCCCCCC)OC(=O)CCCCCCCCCCCCCCCCC(C)C. The largest absolute Gasteiger partial charge is 0.462 e. The summed E-state index contributed by atoms with van der Waals surface area (Å²) >= 11 is 0. The van der Waals surface area contributed by atoms with Crippen LogP contribution >= 0.6 is 0 Å². The van der Waals surface area contributed by atoms with Crippen LogP contribution in [0.4, 0.5) is 0 Å². The number of hydrogen-bond acceptors (Lipinski definition) is 6. The molecule has 0 saturated carbocycles. The molecule has 0 fully saturated rings. The third-order valence-electron chi connectivity index (χ3n) is 13.0. The van der Waals surface area contributed by atoms with E-state index >= 15 is 0 Å². The maximum Gasteiger partial charge on any atom is 0.306 e. The quantitative estimate of drug-likeness (QED) is 0.0344. The van der Waals surface area contributed by atoms with Gasteiger partial charge in [0.2, 0.25) is 0 Å². The molecule has 0 N–H and O–H groups in total. The minimum absolute atomic E-state index is 0.0619. The minimum Gasteiger partial charge on any atom is -0.462 e. The Morgan fingerprint density at radius 3 is 0.778 bits per heavy atom. The summed E-state index contributed by atoms with van der Waals surface area (Å²) in [5.74, 6) is 0.00589. The van der Waals surface area contributed by atoms with E-state index in [9.17, 15) is 14.4 Å². The molecule has 0 aromatic carbocycles. The molecule has 374 valence electrons. The maximum atomic E-state index is 12.8. The van der Waals surface area contributed by atoms with Gasteiger partial charge in [-0.05, 0) is 25.2 Å². The second kappa shape index (κ2) is 51.4. The van der Waals surface area contributed by atoms with E-state index in [2.05, 4.69) is 27.7 Å². The van der Waals surface area contributed by atoms with Crippen molar-refractivity contribution in [2.24, 2.45) is 5.92 Å². The monoisotopic (exact) mass is 891 g/mol. The van der Waals surface area contributed by atoms with Crippen LogP contribution in [-0.4, -0.2) is 37.2 Å². The first-order valence-corrected chi connectivity index (χ1v) is 28.4. The van der Waals surface area contributed by atoms with Crippen LogP contribution in [0.15, 0.2) is 0 Å². The zero-order chi connectivity index (χ0) is 45.9. The van der Waals surface area contributed by atoms with Crippen LogP contribution in [0.1, 0.15) is 323 Å². The van der Waals surface area contributed by atoms with Gasteiger partial charge in [-0.15, -0.1) is 0 Å². The third kappa shape index (κ3) is 51.3. The zero-order valence-electron chi connectivity index (χ0n) is 43.0. The van der Waals surface area contributed by atoms with Gasteiger partial charge in [-0.2, -0.15) is 0 Å². The van der Waals surface area contributed by atoms with Crippen molar-refractivity contribution in [3.05, 3.63) is 0 Å². The van der Waals surface area contributed by atoms with Crippen LogP contribution in [0, 0.1) is 5.92 Å². The Balaban J connectivity index is 4.26. The summed E-state index contributed by atoms with van der Waals surface area (Å²) in [5, 5.41) is 0. The van der Waals surface area contributed by atoms with Crippen LogP contribution in [0.2, 0.25) is 0 Å². The molecule has 0 aromatic heterocycles. The van der Waals surface area contributed by atoms with E-state index in [0.717, 1.165) is 63.7 Å². The highest BCUT2D eigenvalue weighted by molar-refractivity contribution is 5.71. The van der Waals surface area contributed by atoms with Crippen LogP contribution < -0.4 is 0 Å². The minimum atomic E-state index is -0.761. The van der Waals surface area contributed by atoms with Crippen molar-refractivity contribution in [2.75, 3.05) is 13.2 Å². The molecule has 0 saturated heterocycles. The lowest BCUT2D eigenvalue weighted by Crippen LogP contribution is -2.30. The average molecular weight is 892 g/mol. The number of esters is 3. The molecule has 0 radical (unpaired) electrons. The van der Waals surface area contributed by atoms with E-state index in [1.165, 1.54) is 218 Å². The van der Waals surface area contributed by atoms with Gasteiger partial charge in [-0.25, -0.2) is 0 Å². The molecule has 1 atom stereocenters. The summed E-state index contributed by atoms with van der Waals surface area (Å²) in [6.45, 7) is 9.05. The van der Waals surface area contributed by atoms with Gasteiger partial charge in [0.25, 0.3) is 0 Å². The first-order valence-electron chi connectivity index (χ1n) is 28.4. The van der Waals surface area contributed by atoms with E-state index < -0.39 is 6.10 Å². The molecular formula is C57H110O6. The highest BCUT2D eigenvalue weighted by atomic mass is 16.6. The van der Waals surface area contributed by atoms with Gasteiger partial charge < -0.3 is 14.2 Å². The Morgan fingerprint density at radius 2 is 0.524 bits per heavy atom. The van der Waals surface area contributed by atoms with Gasteiger partial charge in [-0.1, -0.05) is 285 Å². The van der Waals surface area contributed by atoms with E-state index in [4.69, 9.17) is 14.2 Å². The summed E-state index contributed by atoms with van der Waals surface area (Å²) in [6.07, 6.45) is 55.2. The van der Waals surface area contributed by atoms with Gasteiger partial charge >= 0.3 is 17.9 Å². The van der Waals surface area contributed by atoms with Gasteiger partial charge in [0.15, 0.2) is 6.10 Å². The first-order chi connectivity index (χ1) is 30.9. The number of unbranched alkanes of at least 4 members (excludes halogenated alkanes) is 39. The Morgan fingerprint density at radius 1 is 0.302 bits per heavy atom. The maximum absolute atomic E-state index is 12.8. The Hall–Kier alpha value is -1.59. The molecule has 6 nitrogen and oxygen atoms in total. The molecule has 0 aliphatic carbocycles. The first kappa shape index (κ1) is 61.4. The molecule has 0 heterocycles. The molecule has 0 unspecified atom stereocenters. The summed E-state index contributed by atoms with van der Waals surface area (Å²) in [6, 6.07) is 0. The van der Waals surface area contributed by atoms with Crippen LogP contribution in [-0.2, 0) is 28.6 Å². The third-order valence-corrected chi connectivity index (χ3v) is 13.0.